The average Bonchev–Trinajstić information content (AvgIpc) is 2.34. The molecular formula is C14H20N2. The maximum Gasteiger partial charge on any atom is 0.0372 e. The first kappa shape index (κ1) is 11.2. The molecule has 86 valence electrons. The second-order valence-electron chi connectivity index (χ2n) is 4.26. The van der Waals surface area contributed by atoms with Gasteiger partial charge < -0.3 is 10.6 Å². The number of aryl methyl sites for hydroxylation is 1. The van der Waals surface area contributed by atoms with Gasteiger partial charge in [-0.1, -0.05) is 18.2 Å². The van der Waals surface area contributed by atoms with Crippen LogP contribution in [0.1, 0.15) is 17.5 Å². The van der Waals surface area contributed by atoms with E-state index in [-0.39, 0.29) is 0 Å². The second kappa shape index (κ2) is 5.71. The molecule has 0 saturated carbocycles. The Morgan fingerprint density at radius 3 is 3.25 bits per heavy atom. The molecule has 0 bridgehead atoms. The first-order chi connectivity index (χ1) is 7.90. The maximum absolute atomic E-state index is 3.69. The molecule has 0 aromatic heterocycles. The topological polar surface area (TPSA) is 24.1 Å². The fraction of sp³-hybridized carbons (Fsp3) is 0.429. The van der Waals surface area contributed by atoms with Crippen molar-refractivity contribution >= 4 is 5.69 Å². The fourth-order valence-corrected chi connectivity index (χ4v) is 2.12. The Labute approximate surface area is 97.8 Å². The standard InChI is InChI=1S/C14H20N2/c1-2-8-15-10-7-12-5-6-14-13(11-12)4-3-9-16-14/h2,5-6,11,15-16H,1,3-4,7-10H2. The summed E-state index contributed by atoms with van der Waals surface area (Å²) in [5.41, 5.74) is 4.24. The molecule has 0 radical (unpaired) electrons. The van der Waals surface area contributed by atoms with Crippen molar-refractivity contribution in [3.05, 3.63) is 42.0 Å². The summed E-state index contributed by atoms with van der Waals surface area (Å²) in [6, 6.07) is 6.79. The van der Waals surface area contributed by atoms with E-state index in [0.717, 1.165) is 26.1 Å². The highest BCUT2D eigenvalue weighted by atomic mass is 14.9. The molecule has 2 rings (SSSR count). The molecule has 0 fully saturated rings. The van der Waals surface area contributed by atoms with Crippen LogP contribution in [0.4, 0.5) is 5.69 Å². The van der Waals surface area contributed by atoms with E-state index < -0.39 is 0 Å². The van der Waals surface area contributed by atoms with Gasteiger partial charge in [-0.25, -0.2) is 0 Å². The van der Waals surface area contributed by atoms with Gasteiger partial charge in [0.05, 0.1) is 0 Å². The highest BCUT2D eigenvalue weighted by Crippen LogP contribution is 2.22. The molecule has 1 aromatic rings. The van der Waals surface area contributed by atoms with E-state index in [1.807, 2.05) is 6.08 Å². The van der Waals surface area contributed by atoms with Crippen molar-refractivity contribution in [2.24, 2.45) is 0 Å². The molecular weight excluding hydrogens is 196 g/mol. The van der Waals surface area contributed by atoms with Gasteiger partial charge in [0.25, 0.3) is 0 Å². The summed E-state index contributed by atoms with van der Waals surface area (Å²) in [6.07, 6.45) is 5.47. The van der Waals surface area contributed by atoms with Crippen molar-refractivity contribution in [2.45, 2.75) is 19.3 Å². The van der Waals surface area contributed by atoms with E-state index in [4.69, 9.17) is 0 Å². The minimum atomic E-state index is 0.895. The van der Waals surface area contributed by atoms with Crippen molar-refractivity contribution in [1.29, 1.82) is 0 Å². The lowest BCUT2D eigenvalue weighted by Gasteiger charge is -2.18. The lowest BCUT2D eigenvalue weighted by Crippen LogP contribution is -2.17. The lowest BCUT2D eigenvalue weighted by atomic mass is 9.99. The molecule has 16 heavy (non-hydrogen) atoms. The molecule has 0 amide bonds. The van der Waals surface area contributed by atoms with E-state index in [1.165, 1.54) is 29.7 Å². The van der Waals surface area contributed by atoms with Gasteiger partial charge in [-0.15, -0.1) is 6.58 Å². The molecule has 1 heterocycles. The number of fused-ring (bicyclic) bond motifs is 1. The average molecular weight is 216 g/mol. The van der Waals surface area contributed by atoms with Gasteiger partial charge in [0.2, 0.25) is 0 Å². The first-order valence-corrected chi connectivity index (χ1v) is 6.07. The van der Waals surface area contributed by atoms with Gasteiger partial charge in [0.15, 0.2) is 0 Å². The summed E-state index contributed by atoms with van der Waals surface area (Å²) in [6.45, 7) is 6.73. The Balaban J connectivity index is 1.92. The molecule has 0 aliphatic carbocycles. The van der Waals surface area contributed by atoms with Crippen LogP contribution in [0.25, 0.3) is 0 Å². The van der Waals surface area contributed by atoms with Crippen LogP contribution in [-0.4, -0.2) is 19.6 Å². The van der Waals surface area contributed by atoms with Crippen LogP contribution in [-0.2, 0) is 12.8 Å². The van der Waals surface area contributed by atoms with Crippen LogP contribution in [0, 0.1) is 0 Å². The van der Waals surface area contributed by atoms with Crippen LogP contribution in [0.15, 0.2) is 30.9 Å². The van der Waals surface area contributed by atoms with Crippen molar-refractivity contribution in [2.75, 3.05) is 25.0 Å². The second-order valence-corrected chi connectivity index (χ2v) is 4.26. The summed E-state index contributed by atoms with van der Waals surface area (Å²) in [5.74, 6) is 0. The lowest BCUT2D eigenvalue weighted by molar-refractivity contribution is 0.743. The van der Waals surface area contributed by atoms with Crippen LogP contribution >= 0.6 is 0 Å². The summed E-state index contributed by atoms with van der Waals surface area (Å²) in [5, 5.41) is 6.77. The first-order valence-electron chi connectivity index (χ1n) is 6.07. The van der Waals surface area contributed by atoms with Gasteiger partial charge >= 0.3 is 0 Å². The Kier molecular flexibility index (Phi) is 4.00. The summed E-state index contributed by atoms with van der Waals surface area (Å²) in [4.78, 5) is 0. The van der Waals surface area contributed by atoms with Crippen molar-refractivity contribution in [3.63, 3.8) is 0 Å². The molecule has 1 aromatic carbocycles. The zero-order valence-electron chi connectivity index (χ0n) is 9.76. The Bertz CT molecular complexity index is 358. The molecule has 0 saturated heterocycles. The normalized spacial score (nSPS) is 14.0. The van der Waals surface area contributed by atoms with Gasteiger partial charge in [-0.3, -0.25) is 0 Å². The number of hydrogen-bond acceptors (Lipinski definition) is 2. The molecule has 2 N–H and O–H groups in total. The molecule has 2 nitrogen and oxygen atoms in total. The van der Waals surface area contributed by atoms with Crippen LogP contribution in [0.2, 0.25) is 0 Å². The van der Waals surface area contributed by atoms with Crippen LogP contribution in [0.5, 0.6) is 0 Å². The molecule has 0 unspecified atom stereocenters. The maximum atomic E-state index is 3.69. The van der Waals surface area contributed by atoms with Crippen molar-refractivity contribution in [1.82, 2.24) is 5.32 Å². The predicted molar refractivity (Wildman–Crippen MR) is 70.0 cm³/mol. The predicted octanol–water partition coefficient (Wildman–Crippen LogP) is 2.36. The van der Waals surface area contributed by atoms with Crippen molar-refractivity contribution in [3.8, 4) is 0 Å². The smallest absolute Gasteiger partial charge is 0.0372 e. The SMILES string of the molecule is C=CCNCCc1ccc2c(c1)CCCN2. The Morgan fingerprint density at radius 1 is 1.44 bits per heavy atom. The third-order valence-corrected chi connectivity index (χ3v) is 2.99. The molecule has 1 aliphatic rings. The van der Waals surface area contributed by atoms with E-state index in [0.29, 0.717) is 0 Å². The molecule has 0 atom stereocenters. The van der Waals surface area contributed by atoms with Crippen molar-refractivity contribution < 1.29 is 0 Å². The fourth-order valence-electron chi connectivity index (χ4n) is 2.12. The highest BCUT2D eigenvalue weighted by molar-refractivity contribution is 5.54. The number of nitrogens with one attached hydrogen (secondary N) is 2. The summed E-state index contributed by atoms with van der Waals surface area (Å²) >= 11 is 0. The zero-order chi connectivity index (χ0) is 11.2. The zero-order valence-corrected chi connectivity index (χ0v) is 9.76. The van der Waals surface area contributed by atoms with E-state index in [2.05, 4.69) is 35.4 Å². The van der Waals surface area contributed by atoms with E-state index in [1.54, 1.807) is 0 Å². The number of rotatable bonds is 5. The largest absolute Gasteiger partial charge is 0.385 e. The van der Waals surface area contributed by atoms with Gasteiger partial charge in [0.1, 0.15) is 0 Å². The van der Waals surface area contributed by atoms with Gasteiger partial charge in [-0.05, 0) is 43.0 Å². The number of hydrogen-bond donors (Lipinski definition) is 2. The van der Waals surface area contributed by atoms with Crippen LogP contribution in [0.3, 0.4) is 0 Å². The van der Waals surface area contributed by atoms with E-state index >= 15 is 0 Å². The summed E-state index contributed by atoms with van der Waals surface area (Å²) in [7, 11) is 0. The third kappa shape index (κ3) is 2.86. The Hall–Kier alpha value is -1.28. The minimum Gasteiger partial charge on any atom is -0.385 e. The minimum absolute atomic E-state index is 0.895. The van der Waals surface area contributed by atoms with Gasteiger partial charge in [0, 0.05) is 18.8 Å². The van der Waals surface area contributed by atoms with E-state index in [9.17, 15) is 0 Å². The molecule has 2 heteroatoms. The molecule has 1 aliphatic heterocycles. The van der Waals surface area contributed by atoms with Gasteiger partial charge in [-0.2, -0.15) is 0 Å². The summed E-state index contributed by atoms with van der Waals surface area (Å²) < 4.78 is 0. The highest BCUT2D eigenvalue weighted by Gasteiger charge is 2.08. The Morgan fingerprint density at radius 2 is 2.38 bits per heavy atom. The number of anilines is 1. The quantitative estimate of drug-likeness (QED) is 0.583. The van der Waals surface area contributed by atoms with Crippen LogP contribution < -0.4 is 10.6 Å². The third-order valence-electron chi connectivity index (χ3n) is 2.99. The molecule has 0 spiro atoms. The number of benzene rings is 1. The monoisotopic (exact) mass is 216 g/mol.